The van der Waals surface area contributed by atoms with Gasteiger partial charge in [-0.25, -0.2) is 0 Å². The summed E-state index contributed by atoms with van der Waals surface area (Å²) in [7, 11) is 0. The number of hydrogen-bond acceptors (Lipinski definition) is 1. The van der Waals surface area contributed by atoms with Gasteiger partial charge >= 0.3 is 0 Å². The summed E-state index contributed by atoms with van der Waals surface area (Å²) in [4.78, 5) is 0. The van der Waals surface area contributed by atoms with Gasteiger partial charge in [-0.3, -0.25) is 0 Å². The average molecular weight is 154 g/mol. The zero-order valence-electron chi connectivity index (χ0n) is 7.13. The van der Waals surface area contributed by atoms with E-state index in [-0.39, 0.29) is 0 Å². The Morgan fingerprint density at radius 1 is 1.50 bits per heavy atom. The third-order valence-electron chi connectivity index (χ3n) is 1.04. The quantitative estimate of drug-likeness (QED) is 0.608. The fraction of sp³-hybridized carbons (Fsp3) is 0.125. The molecule has 0 aliphatic heterocycles. The van der Waals surface area contributed by atoms with Gasteiger partial charge in [0.15, 0.2) is 0 Å². The SMILES string of the molecule is [2H]C([2H])(C#N)c1ccc(Cl)cc1. The van der Waals surface area contributed by atoms with E-state index in [9.17, 15) is 0 Å². The van der Waals surface area contributed by atoms with Gasteiger partial charge < -0.3 is 0 Å². The number of rotatable bonds is 1. The summed E-state index contributed by atoms with van der Waals surface area (Å²) in [5.74, 6) is 0. The zero-order chi connectivity index (χ0) is 9.19. The maximum atomic E-state index is 8.46. The molecule has 2 heteroatoms. The highest BCUT2D eigenvalue weighted by molar-refractivity contribution is 6.30. The van der Waals surface area contributed by atoms with Gasteiger partial charge in [0, 0.05) is 7.76 Å². The van der Waals surface area contributed by atoms with Crippen molar-refractivity contribution in [2.75, 3.05) is 0 Å². The van der Waals surface area contributed by atoms with Gasteiger partial charge in [-0.15, -0.1) is 0 Å². The Bertz CT molecular complexity index is 313. The van der Waals surface area contributed by atoms with Crippen LogP contribution in [-0.4, -0.2) is 0 Å². The minimum absolute atomic E-state index is 0.328. The van der Waals surface area contributed by atoms with E-state index in [0.29, 0.717) is 10.6 Å². The first kappa shape index (κ1) is 4.76. The molecule has 0 spiro atoms. The topological polar surface area (TPSA) is 23.8 Å². The number of nitrogens with zero attached hydrogens (tertiary/aromatic N) is 1. The van der Waals surface area contributed by atoms with Crippen LogP contribution in [-0.2, 0) is 6.37 Å². The molecule has 0 amide bonds. The van der Waals surface area contributed by atoms with Crippen molar-refractivity contribution in [1.29, 1.82) is 5.26 Å². The lowest BCUT2D eigenvalue weighted by atomic mass is 10.2. The summed E-state index contributed by atoms with van der Waals surface area (Å²) in [6.45, 7) is 0. The summed E-state index contributed by atoms with van der Waals surface area (Å²) >= 11 is 5.60. The molecule has 0 fully saturated rings. The van der Waals surface area contributed by atoms with Crippen molar-refractivity contribution >= 4 is 11.6 Å². The highest BCUT2D eigenvalue weighted by Crippen LogP contribution is 2.09. The molecule has 0 unspecified atom stereocenters. The van der Waals surface area contributed by atoms with E-state index in [2.05, 4.69) is 0 Å². The maximum absolute atomic E-state index is 8.46. The fourth-order valence-electron chi connectivity index (χ4n) is 0.598. The second-order valence-electron chi connectivity index (χ2n) is 1.74. The number of halogens is 1. The Labute approximate surface area is 67.7 Å². The normalized spacial score (nSPS) is 13.2. The first-order valence-electron chi connectivity index (χ1n) is 3.73. The number of benzene rings is 1. The molecule has 0 aliphatic carbocycles. The van der Waals surface area contributed by atoms with Gasteiger partial charge in [0.1, 0.15) is 0 Å². The zero-order valence-corrected chi connectivity index (χ0v) is 5.89. The lowest BCUT2D eigenvalue weighted by molar-refractivity contribution is 1.26. The van der Waals surface area contributed by atoms with Crippen molar-refractivity contribution in [3.05, 3.63) is 34.9 Å². The highest BCUT2D eigenvalue weighted by atomic mass is 35.5. The molecule has 0 heterocycles. The standard InChI is InChI=1S/C8H6ClN/c9-8-3-1-7(2-4-8)5-6-10/h1-4H,5H2/i5D2. The molecule has 1 aromatic carbocycles. The Hall–Kier alpha value is -1.00. The molecule has 0 aromatic heterocycles. The molecule has 0 radical (unpaired) electrons. The van der Waals surface area contributed by atoms with E-state index in [0.717, 1.165) is 0 Å². The van der Waals surface area contributed by atoms with Crippen LogP contribution < -0.4 is 0 Å². The molecule has 0 N–H and O–H groups in total. The lowest BCUT2D eigenvalue weighted by Crippen LogP contribution is -1.78. The van der Waals surface area contributed by atoms with Crippen LogP contribution in [0.3, 0.4) is 0 Å². The summed E-state index contributed by atoms with van der Waals surface area (Å²) in [5.41, 5.74) is 0.328. The largest absolute Gasteiger partial charge is 0.198 e. The second-order valence-corrected chi connectivity index (χ2v) is 2.18. The first-order chi connectivity index (χ1) is 5.56. The molecular formula is C8H6ClN. The summed E-state index contributed by atoms with van der Waals surface area (Å²) in [5, 5.41) is 8.99. The minimum Gasteiger partial charge on any atom is -0.198 e. The summed E-state index contributed by atoms with van der Waals surface area (Å²) in [6.07, 6.45) is -1.93. The molecule has 0 atom stereocenters. The van der Waals surface area contributed by atoms with E-state index in [4.69, 9.17) is 19.6 Å². The van der Waals surface area contributed by atoms with E-state index in [1.807, 2.05) is 0 Å². The van der Waals surface area contributed by atoms with Gasteiger partial charge in [-0.2, -0.15) is 5.26 Å². The molecule has 10 heavy (non-hydrogen) atoms. The first-order valence-corrected chi connectivity index (χ1v) is 3.11. The van der Waals surface area contributed by atoms with Crippen molar-refractivity contribution < 1.29 is 2.74 Å². The van der Waals surface area contributed by atoms with Crippen molar-refractivity contribution in [3.8, 4) is 6.07 Å². The Morgan fingerprint density at radius 3 is 2.60 bits per heavy atom. The molecule has 0 saturated carbocycles. The summed E-state index contributed by atoms with van der Waals surface area (Å²) in [6, 6.07) is 7.70. The molecule has 0 saturated heterocycles. The molecule has 1 nitrogen and oxygen atoms in total. The van der Waals surface area contributed by atoms with E-state index < -0.39 is 6.37 Å². The van der Waals surface area contributed by atoms with E-state index in [1.165, 1.54) is 12.1 Å². The molecule has 0 aliphatic rings. The van der Waals surface area contributed by atoms with Gasteiger partial charge in [0.05, 0.1) is 12.4 Å². The van der Waals surface area contributed by atoms with Crippen LogP contribution in [0.1, 0.15) is 8.30 Å². The van der Waals surface area contributed by atoms with Crippen molar-refractivity contribution in [3.63, 3.8) is 0 Å². The molecular weight excluding hydrogens is 146 g/mol. The smallest absolute Gasteiger partial charge is 0.0669 e. The molecule has 1 rings (SSSR count). The van der Waals surface area contributed by atoms with Gasteiger partial charge in [-0.1, -0.05) is 23.7 Å². The van der Waals surface area contributed by atoms with Gasteiger partial charge in [0.25, 0.3) is 0 Å². The van der Waals surface area contributed by atoms with Gasteiger partial charge in [0.2, 0.25) is 0 Å². The lowest BCUT2D eigenvalue weighted by Gasteiger charge is -1.91. The van der Waals surface area contributed by atoms with Crippen LogP contribution in [0.15, 0.2) is 24.3 Å². The molecule has 50 valence electrons. The Morgan fingerprint density at radius 2 is 2.10 bits per heavy atom. The van der Waals surface area contributed by atoms with Crippen molar-refractivity contribution in [2.24, 2.45) is 0 Å². The van der Waals surface area contributed by atoms with Gasteiger partial charge in [-0.05, 0) is 17.7 Å². The molecule has 0 bridgehead atoms. The number of hydrogen-bond donors (Lipinski definition) is 0. The van der Waals surface area contributed by atoms with Crippen LogP contribution >= 0.6 is 11.6 Å². The van der Waals surface area contributed by atoms with Crippen LogP contribution in [0.25, 0.3) is 0 Å². The fourth-order valence-corrected chi connectivity index (χ4v) is 0.724. The van der Waals surface area contributed by atoms with Crippen LogP contribution in [0.2, 0.25) is 5.02 Å². The van der Waals surface area contributed by atoms with Crippen LogP contribution in [0.5, 0.6) is 0 Å². The third kappa shape index (κ3) is 1.75. The predicted octanol–water partition coefficient (Wildman–Crippen LogP) is 2.41. The second kappa shape index (κ2) is 3.24. The highest BCUT2D eigenvalue weighted by Gasteiger charge is 1.89. The average Bonchev–Trinajstić information content (AvgIpc) is 2.05. The maximum Gasteiger partial charge on any atom is 0.0669 e. The Kier molecular flexibility index (Phi) is 1.54. The van der Waals surface area contributed by atoms with Crippen LogP contribution in [0, 0.1) is 11.3 Å². The van der Waals surface area contributed by atoms with Crippen molar-refractivity contribution in [1.82, 2.24) is 0 Å². The van der Waals surface area contributed by atoms with E-state index >= 15 is 0 Å². The minimum atomic E-state index is -1.93. The predicted molar refractivity (Wildman–Crippen MR) is 40.8 cm³/mol. The van der Waals surface area contributed by atoms with Crippen LogP contribution in [0.4, 0.5) is 0 Å². The van der Waals surface area contributed by atoms with Crippen molar-refractivity contribution in [2.45, 2.75) is 6.37 Å². The van der Waals surface area contributed by atoms with E-state index in [1.54, 1.807) is 18.2 Å². The Balaban J connectivity index is 3.07. The molecule has 1 aromatic rings. The monoisotopic (exact) mass is 153 g/mol. The third-order valence-corrected chi connectivity index (χ3v) is 1.30. The number of nitriles is 1. The summed E-state index contributed by atoms with van der Waals surface area (Å²) < 4.78 is 14.5.